The normalized spacial score (nSPS) is 13.5. The van der Waals surface area contributed by atoms with Gasteiger partial charge in [0.2, 0.25) is 6.79 Å². The van der Waals surface area contributed by atoms with E-state index in [2.05, 4.69) is 41.2 Å². The van der Waals surface area contributed by atoms with Crippen LogP contribution in [0, 0.1) is 6.92 Å². The molecule has 38 nitrogen and oxygen atoms in total. The van der Waals surface area contributed by atoms with Gasteiger partial charge in [-0.1, -0.05) is 23.7 Å². The van der Waals surface area contributed by atoms with E-state index in [4.69, 9.17) is 96.9 Å². The van der Waals surface area contributed by atoms with Crippen LogP contribution >= 0.6 is 56.9 Å². The van der Waals surface area contributed by atoms with Crippen LogP contribution in [0.3, 0.4) is 0 Å². The van der Waals surface area contributed by atoms with E-state index in [1.54, 1.807) is 133 Å². The number of thiazole rings is 4. The number of nitrogens with one attached hydrogen (secondary N) is 4. The third-order valence-electron chi connectivity index (χ3n) is 22.0. The number of benzene rings is 8. The van der Waals surface area contributed by atoms with E-state index in [-0.39, 0.29) is 80.5 Å². The molecule has 740 valence electrons. The molecule has 43 heteroatoms. The minimum absolute atomic E-state index is 0.118. The van der Waals surface area contributed by atoms with Gasteiger partial charge in [0.05, 0.1) is 133 Å². The monoisotopic (exact) mass is 2020 g/mol. The fraction of sp³-hybridized carbons (Fsp3) is 0.306. The zero-order chi connectivity index (χ0) is 99.3. The second kappa shape index (κ2) is 50.3. The molecular formula is C98H101ClN12O26S4. The average Bonchev–Trinajstić information content (AvgIpc) is 1.70. The maximum absolute atomic E-state index is 12.9. The Bertz CT molecular complexity index is 6390. The van der Waals surface area contributed by atoms with Crippen molar-refractivity contribution in [2.45, 2.75) is 6.92 Å². The minimum atomic E-state index is -0.355. The smallest absolute Gasteiger partial charge is 0.260 e. The van der Waals surface area contributed by atoms with Crippen LogP contribution in [0.2, 0.25) is 5.02 Å². The lowest BCUT2D eigenvalue weighted by Gasteiger charge is -2.26. The molecule has 0 spiro atoms. The molecule has 8 aromatic carbocycles. The third-order valence-corrected chi connectivity index (χ3v) is 25.4. The highest BCUT2D eigenvalue weighted by Crippen LogP contribution is 2.41. The molecule has 4 saturated heterocycles. The number of carbonyl (C=O) groups excluding carboxylic acids is 8. The predicted octanol–water partition coefficient (Wildman–Crippen LogP) is 14.0. The van der Waals surface area contributed by atoms with Crippen molar-refractivity contribution in [3.63, 3.8) is 0 Å². The fourth-order valence-corrected chi connectivity index (χ4v) is 17.3. The van der Waals surface area contributed by atoms with Crippen LogP contribution in [-0.4, -0.2) is 282 Å². The van der Waals surface area contributed by atoms with Crippen molar-refractivity contribution in [1.82, 2.24) is 39.5 Å². The number of aryl methyl sites for hydroxylation is 1. The Morgan fingerprint density at radius 2 is 0.624 bits per heavy atom. The van der Waals surface area contributed by atoms with Crippen molar-refractivity contribution >= 4 is 125 Å². The van der Waals surface area contributed by atoms with E-state index in [0.29, 0.717) is 245 Å². The van der Waals surface area contributed by atoms with Gasteiger partial charge in [-0.25, -0.2) is 19.9 Å². The zero-order valence-electron chi connectivity index (χ0n) is 78.2. The zero-order valence-corrected chi connectivity index (χ0v) is 82.2. The number of hydrogen-bond donors (Lipinski definition) is 4. The Balaban J connectivity index is 0.000000150. The molecule has 0 aliphatic carbocycles. The number of aromatic nitrogens is 4. The first-order valence-corrected chi connectivity index (χ1v) is 47.8. The number of fused-ring (bicyclic) bond motifs is 1. The van der Waals surface area contributed by atoms with Gasteiger partial charge in [-0.05, 0) is 140 Å². The Hall–Kier alpha value is -14.6. The van der Waals surface area contributed by atoms with Gasteiger partial charge in [0, 0.05) is 129 Å². The standard InChI is InChI=1S/2C25H27N3O7S.C24H24ClN3O5S.C24H23N3O7S/c1-31-17-5-6-18(21(13-17)32-2)19-15-36-25(26-19)27-24(30)16-4-7-20(22(12-16)33-3)35-14-23(29)28-8-10-34-11-9-28;1-31-19-6-4-16(12-21(19)32-2)18-15-36-25(26-18)27-24(30)17-5-7-20(22(13-17)33-3)35-14-23(29)28-8-10-34-11-9-28;1-15-3-4-16(11-18(15)25)19-14-34-24(26-19)27-23(30)17-5-6-20(21(12-17)31-2)33-13-22(29)28-7-9-32-10-8-28;1-30-20-11-16(3-5-18(20)32-12-22(28)27-6-8-31-9-7-27)23(29)26-24-25-17(13-35-24)15-2-4-19-21(10-15)34-14-33-19/h2*4-7,12-13,15H,8-11,14H2,1-3H3,(H,26,27,30);3-6,11-12,14H,7-10,13H2,1-2H3,(H,26,27,30);2-5,10-11,13H,6-9,12,14H2,1H3,(H,25,26,29). The molecular weight excluding hydrogens is 1920 g/mol. The summed E-state index contributed by atoms with van der Waals surface area (Å²) in [6, 6.07) is 41.4. The summed E-state index contributed by atoms with van der Waals surface area (Å²) in [5.41, 5.74) is 8.62. The topological polar surface area (TPSA) is 415 Å². The molecule has 0 radical (unpaired) electrons. The number of hydrogen-bond acceptors (Lipinski definition) is 34. The van der Waals surface area contributed by atoms with Crippen LogP contribution in [0.5, 0.6) is 80.5 Å². The van der Waals surface area contributed by atoms with Gasteiger partial charge in [-0.2, -0.15) is 0 Å². The van der Waals surface area contributed by atoms with E-state index < -0.39 is 0 Å². The molecule has 4 fully saturated rings. The van der Waals surface area contributed by atoms with E-state index in [9.17, 15) is 38.4 Å². The van der Waals surface area contributed by atoms with Crippen LogP contribution in [0.1, 0.15) is 47.0 Å². The van der Waals surface area contributed by atoms with Gasteiger partial charge in [0.1, 0.15) is 11.5 Å². The van der Waals surface area contributed by atoms with Crippen molar-refractivity contribution in [3.05, 3.63) is 200 Å². The molecule has 4 aromatic heterocycles. The SMILES string of the molecule is COc1cc(C(=O)Nc2nc(-c3ccc(C)c(Cl)c3)cs2)ccc1OCC(=O)N1CCOCC1.COc1cc(C(=O)Nc2nc(-c3ccc4c(c3)OCO4)cs2)ccc1OCC(=O)N1CCOCC1.COc1ccc(-c2csc(NC(=O)c3ccc(OCC(=O)N4CCOCC4)c(OC)c3)n2)c(OC)c1.COc1ccc(-c2csc(NC(=O)c3ccc(OCC(=O)N4CCOCC4)c(OC)c3)n2)cc1OC. The number of ether oxygens (including phenoxy) is 18. The Kier molecular flexibility index (Phi) is 36.5. The second-order valence-corrected chi connectivity index (χ2v) is 34.6. The number of nitrogens with zero attached hydrogens (tertiary/aromatic N) is 8. The Morgan fingerprint density at radius 3 is 0.972 bits per heavy atom. The molecule has 0 bridgehead atoms. The minimum Gasteiger partial charge on any atom is -0.497 e. The van der Waals surface area contributed by atoms with Crippen LogP contribution in [0.25, 0.3) is 45.0 Å². The van der Waals surface area contributed by atoms with Crippen LogP contribution in [-0.2, 0) is 38.1 Å². The van der Waals surface area contributed by atoms with E-state index in [0.717, 1.165) is 39.2 Å². The number of halogens is 1. The van der Waals surface area contributed by atoms with Gasteiger partial charge >= 0.3 is 0 Å². The number of amides is 8. The van der Waals surface area contributed by atoms with Crippen LogP contribution in [0.15, 0.2) is 167 Å². The van der Waals surface area contributed by atoms with Crippen molar-refractivity contribution in [2.75, 3.05) is 217 Å². The molecule has 8 amide bonds. The summed E-state index contributed by atoms with van der Waals surface area (Å²) in [5, 5.41) is 21.1. The summed E-state index contributed by atoms with van der Waals surface area (Å²) in [7, 11) is 12.2. The Labute approximate surface area is 831 Å². The van der Waals surface area contributed by atoms with Crippen LogP contribution in [0.4, 0.5) is 20.5 Å². The van der Waals surface area contributed by atoms with E-state index in [1.165, 1.54) is 73.8 Å². The molecule has 5 aliphatic rings. The lowest BCUT2D eigenvalue weighted by molar-refractivity contribution is -0.138. The number of carbonyl (C=O) groups is 8. The lowest BCUT2D eigenvalue weighted by atomic mass is 10.1. The maximum Gasteiger partial charge on any atom is 0.260 e. The highest BCUT2D eigenvalue weighted by Gasteiger charge is 2.28. The van der Waals surface area contributed by atoms with E-state index in [1.807, 2.05) is 89.1 Å². The van der Waals surface area contributed by atoms with Gasteiger partial charge < -0.3 is 105 Å². The molecule has 0 saturated carbocycles. The molecule has 9 heterocycles. The van der Waals surface area contributed by atoms with Crippen molar-refractivity contribution in [3.8, 4) is 126 Å². The predicted molar refractivity (Wildman–Crippen MR) is 528 cm³/mol. The molecule has 0 unspecified atom stereocenters. The lowest BCUT2D eigenvalue weighted by Crippen LogP contribution is -2.43. The summed E-state index contributed by atoms with van der Waals surface area (Å²) >= 11 is 11.5. The largest absolute Gasteiger partial charge is 0.497 e. The van der Waals surface area contributed by atoms with Gasteiger partial charge in [-0.15, -0.1) is 45.3 Å². The number of methoxy groups -OCH3 is 8. The van der Waals surface area contributed by atoms with Gasteiger partial charge in [0.15, 0.2) is 116 Å². The highest BCUT2D eigenvalue weighted by molar-refractivity contribution is 7.15. The third kappa shape index (κ3) is 27.5. The molecule has 5 aliphatic heterocycles. The average molecular weight is 2030 g/mol. The molecule has 17 rings (SSSR count). The highest BCUT2D eigenvalue weighted by atomic mass is 35.5. The molecule has 141 heavy (non-hydrogen) atoms. The first-order chi connectivity index (χ1) is 68.6. The maximum atomic E-state index is 12.9. The summed E-state index contributed by atoms with van der Waals surface area (Å²) < 4.78 is 97.3. The van der Waals surface area contributed by atoms with Crippen LogP contribution < -0.4 is 87.6 Å². The molecule has 0 atom stereocenters. The number of morpholine rings is 4. The van der Waals surface area contributed by atoms with Crippen molar-refractivity contribution in [2.24, 2.45) is 0 Å². The molecule has 12 aromatic rings. The first kappa shape index (κ1) is 102. The van der Waals surface area contributed by atoms with Crippen molar-refractivity contribution in [1.29, 1.82) is 0 Å². The summed E-state index contributed by atoms with van der Waals surface area (Å²) in [6.07, 6.45) is 0. The van der Waals surface area contributed by atoms with Gasteiger partial charge in [-0.3, -0.25) is 59.6 Å². The van der Waals surface area contributed by atoms with Crippen molar-refractivity contribution < 1.29 is 124 Å². The van der Waals surface area contributed by atoms with E-state index >= 15 is 0 Å². The second-order valence-electron chi connectivity index (χ2n) is 30.7. The molecule has 4 N–H and O–H groups in total. The fourth-order valence-electron chi connectivity index (χ4n) is 14.2. The Morgan fingerprint density at radius 1 is 0.319 bits per heavy atom. The summed E-state index contributed by atoms with van der Waals surface area (Å²) in [5.74, 6) is 4.90. The van der Waals surface area contributed by atoms with Gasteiger partial charge in [0.25, 0.3) is 47.3 Å². The number of rotatable bonds is 32. The first-order valence-electron chi connectivity index (χ1n) is 43.9. The summed E-state index contributed by atoms with van der Waals surface area (Å²) in [6.45, 7) is 10.2. The number of anilines is 4. The summed E-state index contributed by atoms with van der Waals surface area (Å²) in [4.78, 5) is 125. The quantitative estimate of drug-likeness (QED) is 0.0304.